The molecular formula is C11H24N2O4. The molecule has 17 heavy (non-hydrogen) atoms. The average molecular weight is 248 g/mol. The summed E-state index contributed by atoms with van der Waals surface area (Å²) in [6.45, 7) is 4.13. The Kier molecular flexibility index (Phi) is 8.97. The average Bonchev–Trinajstić information content (AvgIpc) is 2.31. The number of rotatable bonds is 9. The highest BCUT2D eigenvalue weighted by molar-refractivity contribution is 5.63. The fraction of sp³-hybridized carbons (Fsp3) is 0.909. The molecule has 6 heteroatoms. The van der Waals surface area contributed by atoms with Gasteiger partial charge in [-0.05, 0) is 13.3 Å². The largest absolute Gasteiger partial charge is 0.391 e. The van der Waals surface area contributed by atoms with Gasteiger partial charge in [-0.15, -0.1) is 0 Å². The number of nitrogens with zero attached hydrogens (tertiary/aromatic N) is 1. The summed E-state index contributed by atoms with van der Waals surface area (Å²) in [6, 6.07) is 0. The number of unbranched alkanes of at least 4 members (excludes halogenated alkanes) is 2. The molecule has 0 unspecified atom stereocenters. The second-order valence-electron chi connectivity index (χ2n) is 4.11. The molecule has 0 saturated heterocycles. The minimum Gasteiger partial charge on any atom is -0.391 e. The van der Waals surface area contributed by atoms with E-state index in [1.165, 1.54) is 6.92 Å². The molecule has 0 aliphatic carbocycles. The van der Waals surface area contributed by atoms with E-state index >= 15 is 0 Å². The van der Waals surface area contributed by atoms with E-state index in [2.05, 4.69) is 17.5 Å². The standard InChI is InChI=1S/C11H24N2O4/c1-3-4-5-6-12-13-7-9(15)11(17)10(16)8(2)14/h7-12,14-17H,3-6H2,1-2H3/t8-,9-,10-,11-/m1/s1. The molecule has 0 aliphatic rings. The number of hydrazone groups is 1. The van der Waals surface area contributed by atoms with E-state index in [0.717, 1.165) is 25.5 Å². The predicted octanol–water partition coefficient (Wildman–Crippen LogP) is -0.784. The van der Waals surface area contributed by atoms with Crippen LogP contribution in [0, 0.1) is 0 Å². The van der Waals surface area contributed by atoms with Crippen LogP contribution >= 0.6 is 0 Å². The first-order valence-corrected chi connectivity index (χ1v) is 5.99. The van der Waals surface area contributed by atoms with Crippen LogP contribution in [-0.2, 0) is 0 Å². The third kappa shape index (κ3) is 7.27. The summed E-state index contributed by atoms with van der Waals surface area (Å²) >= 11 is 0. The third-order valence-electron chi connectivity index (χ3n) is 2.40. The molecule has 0 amide bonds. The van der Waals surface area contributed by atoms with Crippen LogP contribution in [0.1, 0.15) is 33.1 Å². The molecule has 0 rings (SSSR count). The molecule has 0 aromatic carbocycles. The summed E-state index contributed by atoms with van der Waals surface area (Å²) in [5, 5.41) is 40.9. The van der Waals surface area contributed by atoms with Gasteiger partial charge < -0.3 is 25.9 Å². The van der Waals surface area contributed by atoms with Crippen molar-refractivity contribution in [1.29, 1.82) is 0 Å². The summed E-state index contributed by atoms with van der Waals surface area (Å²) in [5.41, 5.74) is 2.73. The maximum Gasteiger partial charge on any atom is 0.119 e. The molecule has 0 fully saturated rings. The van der Waals surface area contributed by atoms with Crippen molar-refractivity contribution in [1.82, 2.24) is 5.43 Å². The maximum atomic E-state index is 9.43. The lowest BCUT2D eigenvalue weighted by atomic mass is 10.1. The number of hydrogen-bond acceptors (Lipinski definition) is 6. The highest BCUT2D eigenvalue weighted by Gasteiger charge is 2.26. The van der Waals surface area contributed by atoms with E-state index in [9.17, 15) is 15.3 Å². The number of aliphatic hydroxyl groups is 4. The Bertz CT molecular complexity index is 212. The van der Waals surface area contributed by atoms with Crippen LogP contribution in [0.15, 0.2) is 5.10 Å². The number of hydrogen-bond donors (Lipinski definition) is 5. The highest BCUT2D eigenvalue weighted by atomic mass is 16.4. The van der Waals surface area contributed by atoms with Crippen LogP contribution in [-0.4, -0.2) is 57.6 Å². The molecule has 6 nitrogen and oxygen atoms in total. The molecule has 102 valence electrons. The molecule has 0 bridgehead atoms. The number of aliphatic hydroxyl groups excluding tert-OH is 4. The smallest absolute Gasteiger partial charge is 0.119 e. The van der Waals surface area contributed by atoms with Crippen molar-refractivity contribution in [3.63, 3.8) is 0 Å². The quantitative estimate of drug-likeness (QED) is 0.209. The van der Waals surface area contributed by atoms with Crippen LogP contribution in [0.25, 0.3) is 0 Å². The molecule has 0 aromatic rings. The van der Waals surface area contributed by atoms with Gasteiger partial charge in [0.25, 0.3) is 0 Å². The predicted molar refractivity (Wildman–Crippen MR) is 65.7 cm³/mol. The first-order valence-electron chi connectivity index (χ1n) is 5.99. The van der Waals surface area contributed by atoms with Crippen molar-refractivity contribution in [2.24, 2.45) is 5.10 Å². The van der Waals surface area contributed by atoms with E-state index in [-0.39, 0.29) is 0 Å². The van der Waals surface area contributed by atoms with Gasteiger partial charge in [-0.1, -0.05) is 19.8 Å². The van der Waals surface area contributed by atoms with E-state index in [1.54, 1.807) is 0 Å². The normalized spacial score (nSPS) is 18.9. The van der Waals surface area contributed by atoms with Crippen molar-refractivity contribution in [3.8, 4) is 0 Å². The summed E-state index contributed by atoms with van der Waals surface area (Å²) in [4.78, 5) is 0. The molecule has 0 spiro atoms. The van der Waals surface area contributed by atoms with Crippen molar-refractivity contribution < 1.29 is 20.4 Å². The lowest BCUT2D eigenvalue weighted by molar-refractivity contribution is -0.0821. The zero-order valence-electron chi connectivity index (χ0n) is 10.5. The maximum absolute atomic E-state index is 9.43. The minimum atomic E-state index is -1.45. The lowest BCUT2D eigenvalue weighted by Gasteiger charge is -2.22. The monoisotopic (exact) mass is 248 g/mol. The summed E-state index contributed by atoms with van der Waals surface area (Å²) in [7, 11) is 0. The van der Waals surface area contributed by atoms with Crippen molar-refractivity contribution in [3.05, 3.63) is 0 Å². The zero-order valence-corrected chi connectivity index (χ0v) is 10.5. The lowest BCUT2D eigenvalue weighted by Crippen LogP contribution is -2.44. The van der Waals surface area contributed by atoms with E-state index in [4.69, 9.17) is 5.11 Å². The Hall–Kier alpha value is -0.690. The number of nitrogens with one attached hydrogen (secondary N) is 1. The highest BCUT2D eigenvalue weighted by Crippen LogP contribution is 2.03. The first kappa shape index (κ1) is 16.3. The van der Waals surface area contributed by atoms with Gasteiger partial charge in [-0.25, -0.2) is 0 Å². The Balaban J connectivity index is 3.82. The van der Waals surface area contributed by atoms with Crippen LogP contribution in [0.4, 0.5) is 0 Å². The first-order chi connectivity index (χ1) is 8.00. The molecule has 0 saturated carbocycles. The fourth-order valence-corrected chi connectivity index (χ4v) is 1.22. The van der Waals surface area contributed by atoms with Gasteiger partial charge in [-0.2, -0.15) is 5.10 Å². The van der Waals surface area contributed by atoms with Crippen LogP contribution in [0.2, 0.25) is 0 Å². The second kappa shape index (κ2) is 9.35. The zero-order chi connectivity index (χ0) is 13.3. The second-order valence-corrected chi connectivity index (χ2v) is 4.11. The molecule has 0 aromatic heterocycles. The van der Waals surface area contributed by atoms with Gasteiger partial charge in [0.1, 0.15) is 18.3 Å². The van der Waals surface area contributed by atoms with Gasteiger partial charge in [0.15, 0.2) is 0 Å². The Morgan fingerprint density at radius 3 is 2.29 bits per heavy atom. The summed E-state index contributed by atoms with van der Waals surface area (Å²) in [5.74, 6) is 0. The molecule has 4 atom stereocenters. The van der Waals surface area contributed by atoms with Gasteiger partial charge in [0.05, 0.1) is 12.3 Å². The molecule has 0 radical (unpaired) electrons. The molecular weight excluding hydrogens is 224 g/mol. The third-order valence-corrected chi connectivity index (χ3v) is 2.40. The van der Waals surface area contributed by atoms with Crippen molar-refractivity contribution in [2.75, 3.05) is 6.54 Å². The topological polar surface area (TPSA) is 105 Å². The van der Waals surface area contributed by atoms with E-state index in [1.807, 2.05) is 0 Å². The van der Waals surface area contributed by atoms with Crippen molar-refractivity contribution in [2.45, 2.75) is 57.5 Å². The summed E-state index contributed by atoms with van der Waals surface area (Å²) < 4.78 is 0. The van der Waals surface area contributed by atoms with Crippen molar-refractivity contribution >= 4 is 6.21 Å². The fourth-order valence-electron chi connectivity index (χ4n) is 1.22. The summed E-state index contributed by atoms with van der Waals surface area (Å²) in [6.07, 6.45) is -0.927. The van der Waals surface area contributed by atoms with Gasteiger partial charge in [0, 0.05) is 6.54 Å². The van der Waals surface area contributed by atoms with Crippen LogP contribution in [0.5, 0.6) is 0 Å². The van der Waals surface area contributed by atoms with Gasteiger partial charge in [-0.3, -0.25) is 0 Å². The Morgan fingerprint density at radius 1 is 1.12 bits per heavy atom. The van der Waals surface area contributed by atoms with E-state index < -0.39 is 24.4 Å². The Morgan fingerprint density at radius 2 is 1.76 bits per heavy atom. The van der Waals surface area contributed by atoms with Gasteiger partial charge in [0.2, 0.25) is 0 Å². The minimum absolute atomic E-state index is 0.701. The molecule has 0 aliphatic heterocycles. The molecule has 5 N–H and O–H groups in total. The molecule has 0 heterocycles. The van der Waals surface area contributed by atoms with Gasteiger partial charge >= 0.3 is 0 Å². The van der Waals surface area contributed by atoms with E-state index in [0.29, 0.717) is 6.54 Å². The van der Waals surface area contributed by atoms with Crippen LogP contribution < -0.4 is 5.43 Å². The SMILES string of the molecule is CCCCCNN=C[C@@H](O)[C@@H](O)[C@H](O)[C@@H](C)O. The Labute approximate surface area is 102 Å². The van der Waals surface area contributed by atoms with Crippen LogP contribution in [0.3, 0.4) is 0 Å².